The monoisotopic (exact) mass is 441 g/mol. The lowest BCUT2D eigenvalue weighted by molar-refractivity contribution is -0.117. The minimum Gasteiger partial charge on any atom is -0.364 e. The Kier molecular flexibility index (Phi) is 7.10. The van der Waals surface area contributed by atoms with Crippen LogP contribution in [0.4, 0.5) is 5.69 Å². The number of ether oxygens (including phenoxy) is 1. The minimum atomic E-state index is -0.995. The zero-order valence-corrected chi connectivity index (χ0v) is 18.4. The Balaban J connectivity index is 1.38. The smallest absolute Gasteiger partial charge is 0.233 e. The van der Waals surface area contributed by atoms with Gasteiger partial charge in [0.2, 0.25) is 5.91 Å². The van der Waals surface area contributed by atoms with Crippen molar-refractivity contribution in [2.75, 3.05) is 11.9 Å². The molecule has 4 aromatic rings. The maximum atomic E-state index is 12.9. The van der Waals surface area contributed by atoms with Crippen LogP contribution in [0.2, 0.25) is 0 Å². The number of aromatic nitrogens is 1. The second-order valence-electron chi connectivity index (χ2n) is 8.03. The average molecular weight is 442 g/mol. The Morgan fingerprint density at radius 1 is 1.00 bits per heavy atom. The van der Waals surface area contributed by atoms with E-state index in [1.54, 1.807) is 12.4 Å². The first kappa shape index (κ1) is 22.6. The van der Waals surface area contributed by atoms with E-state index in [4.69, 9.17) is 10.5 Å². The Hall–Kier alpha value is -3.58. The molecule has 6 heteroatoms. The first-order chi connectivity index (χ1) is 16.0. The number of nitrogens with two attached hydrogens (primary N) is 1. The average Bonchev–Trinajstić information content (AvgIpc) is 2.84. The van der Waals surface area contributed by atoms with Crippen molar-refractivity contribution in [3.63, 3.8) is 0 Å². The fraction of sp³-hybridized carbons (Fsp3) is 0.185. The summed E-state index contributed by atoms with van der Waals surface area (Å²) in [5.74, 6) is -0.643. The van der Waals surface area contributed by atoms with Gasteiger partial charge in [-0.25, -0.2) is 0 Å². The maximum Gasteiger partial charge on any atom is 0.233 e. The predicted octanol–water partition coefficient (Wildman–Crippen LogP) is 4.43. The van der Waals surface area contributed by atoms with Crippen LogP contribution < -0.4 is 11.1 Å². The molecule has 0 saturated carbocycles. The number of benzene rings is 3. The van der Waals surface area contributed by atoms with Crippen molar-refractivity contribution in [3.8, 4) is 0 Å². The molecular weight excluding hydrogens is 414 g/mol. The number of aliphatic hydroxyl groups excluding tert-OH is 1. The van der Waals surface area contributed by atoms with Crippen molar-refractivity contribution < 1.29 is 14.6 Å². The van der Waals surface area contributed by atoms with Crippen LogP contribution in [-0.4, -0.2) is 22.5 Å². The summed E-state index contributed by atoms with van der Waals surface area (Å²) in [4.78, 5) is 17.0. The lowest BCUT2D eigenvalue weighted by Crippen LogP contribution is -2.27. The van der Waals surface area contributed by atoms with Gasteiger partial charge in [0, 0.05) is 35.6 Å². The number of aliphatic hydroxyl groups is 1. The molecule has 0 aliphatic heterocycles. The van der Waals surface area contributed by atoms with Gasteiger partial charge >= 0.3 is 0 Å². The molecule has 33 heavy (non-hydrogen) atoms. The van der Waals surface area contributed by atoms with Gasteiger partial charge in [0.25, 0.3) is 0 Å². The first-order valence-corrected chi connectivity index (χ1v) is 10.8. The number of hydrogen-bond acceptors (Lipinski definition) is 5. The van der Waals surface area contributed by atoms with Gasteiger partial charge in [0.1, 0.15) is 0 Å². The number of hydrogen-bond donors (Lipinski definition) is 3. The van der Waals surface area contributed by atoms with Crippen molar-refractivity contribution in [2.45, 2.75) is 25.7 Å². The van der Waals surface area contributed by atoms with Crippen LogP contribution in [0.3, 0.4) is 0 Å². The molecule has 0 fully saturated rings. The van der Waals surface area contributed by atoms with Gasteiger partial charge in [0.15, 0.2) is 6.29 Å². The van der Waals surface area contributed by atoms with Crippen LogP contribution in [-0.2, 0) is 16.1 Å². The van der Waals surface area contributed by atoms with Crippen LogP contribution >= 0.6 is 0 Å². The largest absolute Gasteiger partial charge is 0.364 e. The number of aryl methyl sites for hydroxylation is 1. The number of carbonyl (C=O) groups is 1. The molecule has 4 N–H and O–H groups in total. The molecule has 0 aliphatic rings. The van der Waals surface area contributed by atoms with E-state index >= 15 is 0 Å². The lowest BCUT2D eigenvalue weighted by atomic mass is 9.97. The number of rotatable bonds is 8. The molecule has 168 valence electrons. The Morgan fingerprint density at radius 3 is 2.45 bits per heavy atom. The maximum absolute atomic E-state index is 12.9. The third kappa shape index (κ3) is 5.62. The Bertz CT molecular complexity index is 1220. The van der Waals surface area contributed by atoms with E-state index in [1.807, 2.05) is 79.7 Å². The highest BCUT2D eigenvalue weighted by Crippen LogP contribution is 2.22. The molecule has 2 unspecified atom stereocenters. The second kappa shape index (κ2) is 10.4. The molecule has 3 aromatic carbocycles. The molecule has 2 atom stereocenters. The Morgan fingerprint density at radius 2 is 1.73 bits per heavy atom. The van der Waals surface area contributed by atoms with Crippen LogP contribution in [0, 0.1) is 6.92 Å². The third-order valence-electron chi connectivity index (χ3n) is 5.61. The fourth-order valence-corrected chi connectivity index (χ4v) is 3.63. The molecule has 1 amide bonds. The zero-order valence-electron chi connectivity index (χ0n) is 18.4. The van der Waals surface area contributed by atoms with Gasteiger partial charge in [-0.3, -0.25) is 9.78 Å². The minimum absolute atomic E-state index is 0.162. The van der Waals surface area contributed by atoms with Crippen LogP contribution in [0.1, 0.15) is 34.5 Å². The number of amides is 1. The van der Waals surface area contributed by atoms with Crippen molar-refractivity contribution in [1.29, 1.82) is 0 Å². The van der Waals surface area contributed by atoms with E-state index in [0.29, 0.717) is 11.3 Å². The summed E-state index contributed by atoms with van der Waals surface area (Å²) in [6.07, 6.45) is 2.52. The molecule has 0 aliphatic carbocycles. The van der Waals surface area contributed by atoms with Gasteiger partial charge in [-0.15, -0.1) is 0 Å². The molecule has 1 aromatic heterocycles. The summed E-state index contributed by atoms with van der Waals surface area (Å²) in [6.45, 7) is 2.43. The number of nitrogens with zero attached hydrogens (tertiary/aromatic N) is 1. The standard InChI is InChI=1S/C27H27N3O3/c1-18-2-6-21(7-3-18)27(32)33-17-19-4-8-20(9-5-19)25(15-28)26(31)30-24-11-10-23-16-29-13-12-22(23)14-24/h2-14,16,25,27,32H,15,17,28H2,1H3,(H,30,31). The zero-order chi connectivity index (χ0) is 23.2. The van der Waals surface area contributed by atoms with Crippen LogP contribution in [0.5, 0.6) is 0 Å². The highest BCUT2D eigenvalue weighted by molar-refractivity contribution is 5.98. The predicted molar refractivity (Wildman–Crippen MR) is 130 cm³/mol. The van der Waals surface area contributed by atoms with E-state index < -0.39 is 12.2 Å². The number of anilines is 1. The summed E-state index contributed by atoms with van der Waals surface area (Å²) in [6, 6.07) is 22.7. The Labute approximate surface area is 193 Å². The molecule has 0 spiro atoms. The van der Waals surface area contributed by atoms with Crippen molar-refractivity contribution in [1.82, 2.24) is 4.98 Å². The SMILES string of the molecule is Cc1ccc(C(O)OCc2ccc(C(CN)C(=O)Nc3ccc4cnccc4c3)cc2)cc1. The van der Waals surface area contributed by atoms with E-state index in [-0.39, 0.29) is 19.1 Å². The summed E-state index contributed by atoms with van der Waals surface area (Å²) in [5, 5.41) is 15.2. The van der Waals surface area contributed by atoms with Crippen molar-refractivity contribution >= 4 is 22.4 Å². The molecular formula is C27H27N3O3. The van der Waals surface area contributed by atoms with Crippen LogP contribution in [0.15, 0.2) is 85.2 Å². The van der Waals surface area contributed by atoms with Gasteiger partial charge in [0.05, 0.1) is 12.5 Å². The number of carbonyl (C=O) groups excluding carboxylic acids is 1. The summed E-state index contributed by atoms with van der Waals surface area (Å²) < 4.78 is 5.59. The summed E-state index contributed by atoms with van der Waals surface area (Å²) in [5.41, 5.74) is 10.2. The van der Waals surface area contributed by atoms with E-state index in [2.05, 4.69) is 10.3 Å². The highest BCUT2D eigenvalue weighted by Gasteiger charge is 2.19. The quantitative estimate of drug-likeness (QED) is 0.352. The summed E-state index contributed by atoms with van der Waals surface area (Å²) >= 11 is 0. The first-order valence-electron chi connectivity index (χ1n) is 10.8. The topological polar surface area (TPSA) is 97.5 Å². The molecule has 6 nitrogen and oxygen atoms in total. The van der Waals surface area contributed by atoms with Gasteiger partial charge in [-0.2, -0.15) is 0 Å². The van der Waals surface area contributed by atoms with Gasteiger partial charge in [-0.1, -0.05) is 60.2 Å². The molecule has 4 rings (SSSR count). The molecule has 0 bridgehead atoms. The van der Waals surface area contributed by atoms with Crippen molar-refractivity contribution in [3.05, 3.63) is 107 Å². The normalized spacial score (nSPS) is 12.9. The van der Waals surface area contributed by atoms with E-state index in [0.717, 1.165) is 27.5 Å². The summed E-state index contributed by atoms with van der Waals surface area (Å²) in [7, 11) is 0. The molecule has 0 radical (unpaired) electrons. The fourth-order valence-electron chi connectivity index (χ4n) is 3.63. The van der Waals surface area contributed by atoms with Gasteiger partial charge in [-0.05, 0) is 41.6 Å². The number of pyridine rings is 1. The molecule has 1 heterocycles. The lowest BCUT2D eigenvalue weighted by Gasteiger charge is -2.17. The van der Waals surface area contributed by atoms with E-state index in [1.165, 1.54) is 0 Å². The second-order valence-corrected chi connectivity index (χ2v) is 8.03. The third-order valence-corrected chi connectivity index (χ3v) is 5.61. The van der Waals surface area contributed by atoms with Crippen molar-refractivity contribution in [2.24, 2.45) is 5.73 Å². The number of fused-ring (bicyclic) bond motifs is 1. The van der Waals surface area contributed by atoms with E-state index in [9.17, 15) is 9.90 Å². The van der Waals surface area contributed by atoms with Gasteiger partial charge < -0.3 is 20.9 Å². The van der Waals surface area contributed by atoms with Crippen LogP contribution in [0.25, 0.3) is 10.8 Å². The molecule has 0 saturated heterocycles. The highest BCUT2D eigenvalue weighted by atomic mass is 16.6. The number of nitrogens with one attached hydrogen (secondary N) is 1.